The van der Waals surface area contributed by atoms with Gasteiger partial charge in [0.25, 0.3) is 5.91 Å². The highest BCUT2D eigenvalue weighted by Gasteiger charge is 2.36. The maximum atomic E-state index is 13.1. The molecule has 28 heavy (non-hydrogen) atoms. The van der Waals surface area contributed by atoms with E-state index in [9.17, 15) is 22.8 Å². The molecular weight excluding hydrogens is 373 g/mol. The van der Waals surface area contributed by atoms with E-state index in [2.05, 4.69) is 5.32 Å². The second-order valence-corrected chi connectivity index (χ2v) is 6.87. The molecule has 150 valence electrons. The smallest absolute Gasteiger partial charge is 0.416 e. The van der Waals surface area contributed by atoms with Crippen molar-refractivity contribution >= 4 is 17.5 Å². The maximum absolute atomic E-state index is 13.1. The lowest BCUT2D eigenvalue weighted by Gasteiger charge is -2.30. The second-order valence-electron chi connectivity index (χ2n) is 6.87. The van der Waals surface area contributed by atoms with Gasteiger partial charge in [0.15, 0.2) is 5.76 Å². The number of furan rings is 1. The molecule has 1 heterocycles. The highest BCUT2D eigenvalue weighted by Crippen LogP contribution is 2.38. The van der Waals surface area contributed by atoms with E-state index in [0.29, 0.717) is 0 Å². The van der Waals surface area contributed by atoms with E-state index in [1.54, 1.807) is 6.07 Å². The van der Waals surface area contributed by atoms with Gasteiger partial charge in [-0.1, -0.05) is 6.07 Å². The number of halogens is 3. The Hall–Kier alpha value is -2.77. The highest BCUT2D eigenvalue weighted by molar-refractivity contribution is 5.95. The van der Waals surface area contributed by atoms with Crippen molar-refractivity contribution in [2.24, 2.45) is 5.92 Å². The van der Waals surface area contributed by atoms with E-state index < -0.39 is 17.6 Å². The molecule has 1 saturated carbocycles. The van der Waals surface area contributed by atoms with E-state index in [1.807, 2.05) is 6.92 Å². The summed E-state index contributed by atoms with van der Waals surface area (Å²) in [6.07, 6.45) is -1.25. The molecule has 0 radical (unpaired) electrons. The Bertz CT molecular complexity index is 829. The lowest BCUT2D eigenvalue weighted by Crippen LogP contribution is -2.41. The molecule has 0 spiro atoms. The van der Waals surface area contributed by atoms with Crippen molar-refractivity contribution in [2.75, 3.05) is 11.4 Å². The fraction of sp³-hybridized carbons (Fsp3) is 0.400. The van der Waals surface area contributed by atoms with Crippen molar-refractivity contribution in [2.45, 2.75) is 38.4 Å². The largest absolute Gasteiger partial charge is 0.459 e. The van der Waals surface area contributed by atoms with Gasteiger partial charge in [-0.2, -0.15) is 13.2 Å². The monoisotopic (exact) mass is 394 g/mol. The molecule has 1 N–H and O–H groups in total. The van der Waals surface area contributed by atoms with Crippen molar-refractivity contribution in [3.05, 3.63) is 54.0 Å². The zero-order valence-electron chi connectivity index (χ0n) is 15.3. The number of nitrogens with zero attached hydrogens (tertiary/aromatic N) is 1. The van der Waals surface area contributed by atoms with Crippen LogP contribution in [0, 0.1) is 5.92 Å². The molecule has 5 nitrogen and oxygen atoms in total. The average molecular weight is 394 g/mol. The van der Waals surface area contributed by atoms with E-state index in [1.165, 1.54) is 29.4 Å². The molecule has 1 fully saturated rings. The number of rotatable bonds is 7. The first-order valence-electron chi connectivity index (χ1n) is 9.08. The summed E-state index contributed by atoms with van der Waals surface area (Å²) < 4.78 is 44.2. The number of amides is 2. The summed E-state index contributed by atoms with van der Waals surface area (Å²) in [4.78, 5) is 26.1. The van der Waals surface area contributed by atoms with Gasteiger partial charge in [-0.25, -0.2) is 0 Å². The molecular formula is C20H21F3N2O3. The summed E-state index contributed by atoms with van der Waals surface area (Å²) in [6.45, 7) is 1.91. The third-order valence-corrected chi connectivity index (χ3v) is 4.80. The number of carbonyl (C=O) groups is 2. The molecule has 0 bridgehead atoms. The van der Waals surface area contributed by atoms with Gasteiger partial charge < -0.3 is 14.6 Å². The normalized spacial score (nSPS) is 15.1. The van der Waals surface area contributed by atoms with Crippen LogP contribution in [0.25, 0.3) is 0 Å². The molecule has 0 saturated heterocycles. The van der Waals surface area contributed by atoms with Crippen LogP contribution in [0.4, 0.5) is 18.9 Å². The molecule has 0 aliphatic heterocycles. The van der Waals surface area contributed by atoms with E-state index in [4.69, 9.17) is 4.42 Å². The van der Waals surface area contributed by atoms with Crippen molar-refractivity contribution in [3.8, 4) is 0 Å². The Balaban J connectivity index is 1.71. The number of hydrogen-bond donors (Lipinski definition) is 1. The van der Waals surface area contributed by atoms with Crippen LogP contribution >= 0.6 is 0 Å². The predicted octanol–water partition coefficient (Wildman–Crippen LogP) is 4.25. The lowest BCUT2D eigenvalue weighted by atomic mass is 10.1. The summed E-state index contributed by atoms with van der Waals surface area (Å²) in [5.74, 6) is -0.373. The zero-order valence-corrected chi connectivity index (χ0v) is 15.3. The summed E-state index contributed by atoms with van der Waals surface area (Å²) in [6, 6.07) is 7.66. The van der Waals surface area contributed by atoms with Crippen LogP contribution in [-0.2, 0) is 11.0 Å². The quantitative estimate of drug-likeness (QED) is 0.764. The van der Waals surface area contributed by atoms with Crippen LogP contribution in [0.3, 0.4) is 0 Å². The van der Waals surface area contributed by atoms with Crippen molar-refractivity contribution < 1.29 is 27.2 Å². The maximum Gasteiger partial charge on any atom is 0.416 e. The first-order chi connectivity index (χ1) is 13.3. The van der Waals surface area contributed by atoms with Gasteiger partial charge in [0, 0.05) is 24.7 Å². The van der Waals surface area contributed by atoms with E-state index in [0.717, 1.165) is 25.0 Å². The molecule has 0 unspecified atom stereocenters. The SMILES string of the molecule is C[C@@H](C1CC1)N(C(=O)CCNC(=O)c1ccco1)c1cccc(C(F)(F)F)c1. The standard InChI is InChI=1S/C20H21F3N2O3/c1-13(14-7-8-14)25(16-5-2-4-15(12-16)20(21,22)23)18(26)9-10-24-19(27)17-6-3-11-28-17/h2-6,11-14H,7-10H2,1H3,(H,24,27)/t13-/m0/s1. The Morgan fingerprint density at radius 1 is 1.25 bits per heavy atom. The van der Waals surface area contributed by atoms with E-state index in [-0.39, 0.29) is 42.3 Å². The molecule has 2 amide bonds. The third-order valence-electron chi connectivity index (χ3n) is 4.80. The first-order valence-corrected chi connectivity index (χ1v) is 9.08. The van der Waals surface area contributed by atoms with Gasteiger partial charge in [0.1, 0.15) is 0 Å². The number of benzene rings is 1. The number of carbonyl (C=O) groups excluding carboxylic acids is 2. The first kappa shape index (κ1) is 20.0. The third kappa shape index (κ3) is 4.74. The molecule has 2 aromatic rings. The van der Waals surface area contributed by atoms with E-state index >= 15 is 0 Å². The van der Waals surface area contributed by atoms with Crippen molar-refractivity contribution in [3.63, 3.8) is 0 Å². The number of alkyl halides is 3. The molecule has 3 rings (SSSR count). The summed E-state index contributed by atoms with van der Waals surface area (Å²) in [7, 11) is 0. The van der Waals surface area contributed by atoms with Crippen LogP contribution in [0.15, 0.2) is 47.1 Å². The molecule has 1 aromatic carbocycles. The van der Waals surface area contributed by atoms with Gasteiger partial charge in [-0.15, -0.1) is 0 Å². The Morgan fingerprint density at radius 3 is 2.61 bits per heavy atom. The Morgan fingerprint density at radius 2 is 2.00 bits per heavy atom. The molecule has 8 heteroatoms. The van der Waals surface area contributed by atoms with Crippen LogP contribution in [0.5, 0.6) is 0 Å². The summed E-state index contributed by atoms with van der Waals surface area (Å²) in [5, 5.41) is 2.58. The van der Waals surface area contributed by atoms with Gasteiger partial charge in [0.05, 0.1) is 11.8 Å². The summed E-state index contributed by atoms with van der Waals surface area (Å²) in [5.41, 5.74) is -0.575. The van der Waals surface area contributed by atoms with Crippen LogP contribution in [0.2, 0.25) is 0 Å². The Kier molecular flexibility index (Phi) is 5.76. The van der Waals surface area contributed by atoms with Crippen molar-refractivity contribution in [1.82, 2.24) is 5.32 Å². The molecule has 1 aliphatic carbocycles. The van der Waals surface area contributed by atoms with Gasteiger partial charge in [-0.05, 0) is 56.0 Å². The minimum absolute atomic E-state index is 0.0280. The minimum Gasteiger partial charge on any atom is -0.459 e. The number of anilines is 1. The van der Waals surface area contributed by atoms with Crippen LogP contribution in [-0.4, -0.2) is 24.4 Å². The van der Waals surface area contributed by atoms with Crippen LogP contribution in [0.1, 0.15) is 42.3 Å². The van der Waals surface area contributed by atoms with Gasteiger partial charge in [-0.3, -0.25) is 9.59 Å². The van der Waals surface area contributed by atoms with Gasteiger partial charge >= 0.3 is 6.18 Å². The average Bonchev–Trinajstić information content (AvgIpc) is 3.35. The minimum atomic E-state index is -4.48. The molecule has 1 aliphatic rings. The van der Waals surface area contributed by atoms with Crippen molar-refractivity contribution in [1.29, 1.82) is 0 Å². The summed E-state index contributed by atoms with van der Waals surface area (Å²) >= 11 is 0. The second kappa shape index (κ2) is 8.08. The lowest BCUT2D eigenvalue weighted by molar-refractivity contribution is -0.137. The highest BCUT2D eigenvalue weighted by atomic mass is 19.4. The van der Waals surface area contributed by atoms with Crippen LogP contribution < -0.4 is 10.2 Å². The fourth-order valence-electron chi connectivity index (χ4n) is 3.13. The Labute approximate surface area is 160 Å². The molecule has 1 aromatic heterocycles. The predicted molar refractivity (Wildman–Crippen MR) is 96.8 cm³/mol. The fourth-order valence-corrected chi connectivity index (χ4v) is 3.13. The topological polar surface area (TPSA) is 62.6 Å². The number of nitrogens with one attached hydrogen (secondary N) is 1. The zero-order chi connectivity index (χ0) is 20.3. The number of hydrogen-bond acceptors (Lipinski definition) is 3. The molecule has 1 atom stereocenters. The van der Waals surface area contributed by atoms with Gasteiger partial charge in [0.2, 0.25) is 5.91 Å².